The molecular formula is C16H27ClN4O2S. The van der Waals surface area contributed by atoms with Gasteiger partial charge in [0.15, 0.2) is 5.96 Å². The minimum Gasteiger partial charge on any atom is -0.357 e. The predicted octanol–water partition coefficient (Wildman–Crippen LogP) is 2.07. The lowest BCUT2D eigenvalue weighted by atomic mass is 10.1. The van der Waals surface area contributed by atoms with E-state index in [1.807, 2.05) is 43.1 Å². The summed E-state index contributed by atoms with van der Waals surface area (Å²) in [6, 6.07) is 7.65. The van der Waals surface area contributed by atoms with Crippen molar-refractivity contribution < 1.29 is 8.42 Å². The highest BCUT2D eigenvalue weighted by molar-refractivity contribution is 7.88. The summed E-state index contributed by atoms with van der Waals surface area (Å²) >= 11 is 5.91. The van der Waals surface area contributed by atoms with Gasteiger partial charge in [0, 0.05) is 30.7 Å². The molecule has 24 heavy (non-hydrogen) atoms. The third kappa shape index (κ3) is 7.99. The fourth-order valence-electron chi connectivity index (χ4n) is 2.21. The van der Waals surface area contributed by atoms with Crippen LogP contribution in [0.3, 0.4) is 0 Å². The van der Waals surface area contributed by atoms with Crippen molar-refractivity contribution in [3.05, 3.63) is 34.9 Å². The molecule has 0 bridgehead atoms. The molecule has 1 aromatic rings. The fourth-order valence-corrected chi connectivity index (χ4v) is 3.41. The van der Waals surface area contributed by atoms with Gasteiger partial charge in [0.2, 0.25) is 10.0 Å². The lowest BCUT2D eigenvalue weighted by Gasteiger charge is -2.26. The predicted molar refractivity (Wildman–Crippen MR) is 101 cm³/mol. The summed E-state index contributed by atoms with van der Waals surface area (Å²) < 4.78 is 25.4. The summed E-state index contributed by atoms with van der Waals surface area (Å²) in [6.45, 7) is 7.33. The molecule has 0 aliphatic carbocycles. The Balaban J connectivity index is 2.82. The Morgan fingerprint density at radius 3 is 2.38 bits per heavy atom. The summed E-state index contributed by atoms with van der Waals surface area (Å²) in [5.41, 5.74) is 0.455. The molecule has 136 valence electrons. The van der Waals surface area contributed by atoms with Gasteiger partial charge in [0.1, 0.15) is 0 Å². The van der Waals surface area contributed by atoms with Crippen LogP contribution in [0.2, 0.25) is 5.02 Å². The molecule has 0 aliphatic rings. The maximum absolute atomic E-state index is 11.4. The highest BCUT2D eigenvalue weighted by Crippen LogP contribution is 2.11. The Bertz CT molecular complexity index is 657. The van der Waals surface area contributed by atoms with Gasteiger partial charge >= 0.3 is 0 Å². The van der Waals surface area contributed by atoms with Crippen LogP contribution in [-0.4, -0.2) is 51.2 Å². The SMILES string of the molecule is CCNC(=NCC(C)(C)NS(C)(=O)=O)N(C)Cc1ccc(Cl)cc1. The first-order valence-electron chi connectivity index (χ1n) is 7.75. The van der Waals surface area contributed by atoms with E-state index in [9.17, 15) is 8.42 Å². The third-order valence-electron chi connectivity index (χ3n) is 3.12. The number of benzene rings is 1. The third-order valence-corrected chi connectivity index (χ3v) is 4.29. The molecule has 8 heteroatoms. The second-order valence-electron chi connectivity index (χ2n) is 6.41. The smallest absolute Gasteiger partial charge is 0.209 e. The molecule has 0 radical (unpaired) electrons. The zero-order valence-corrected chi connectivity index (χ0v) is 16.5. The monoisotopic (exact) mass is 374 g/mol. The minimum atomic E-state index is -3.28. The second-order valence-corrected chi connectivity index (χ2v) is 8.60. The highest BCUT2D eigenvalue weighted by Gasteiger charge is 2.22. The molecular weight excluding hydrogens is 348 g/mol. The van der Waals surface area contributed by atoms with Crippen molar-refractivity contribution in [1.82, 2.24) is 14.9 Å². The highest BCUT2D eigenvalue weighted by atomic mass is 35.5. The number of hydrogen-bond acceptors (Lipinski definition) is 3. The first-order chi connectivity index (χ1) is 11.0. The molecule has 0 heterocycles. The molecule has 0 aliphatic heterocycles. The molecule has 1 aromatic carbocycles. The Kier molecular flexibility index (Phi) is 7.51. The van der Waals surface area contributed by atoms with Crippen LogP contribution in [0.1, 0.15) is 26.3 Å². The van der Waals surface area contributed by atoms with E-state index in [1.54, 1.807) is 13.8 Å². The van der Waals surface area contributed by atoms with Crippen LogP contribution in [0.5, 0.6) is 0 Å². The van der Waals surface area contributed by atoms with E-state index in [4.69, 9.17) is 11.6 Å². The topological polar surface area (TPSA) is 73.8 Å². The van der Waals surface area contributed by atoms with Gasteiger partial charge in [-0.15, -0.1) is 0 Å². The molecule has 0 amide bonds. The van der Waals surface area contributed by atoms with Crippen molar-refractivity contribution in [2.45, 2.75) is 32.9 Å². The number of hydrogen-bond donors (Lipinski definition) is 2. The summed E-state index contributed by atoms with van der Waals surface area (Å²) in [7, 11) is -1.34. The Morgan fingerprint density at radius 1 is 1.29 bits per heavy atom. The van der Waals surface area contributed by atoms with Crippen molar-refractivity contribution in [3.8, 4) is 0 Å². The summed E-state index contributed by atoms with van der Waals surface area (Å²) in [5.74, 6) is 0.718. The molecule has 0 fully saturated rings. The molecule has 0 unspecified atom stereocenters. The number of nitrogens with one attached hydrogen (secondary N) is 2. The average molecular weight is 375 g/mol. The molecule has 2 N–H and O–H groups in total. The number of halogens is 1. The van der Waals surface area contributed by atoms with Crippen molar-refractivity contribution in [2.24, 2.45) is 4.99 Å². The Labute approximate surface area is 150 Å². The van der Waals surface area contributed by atoms with E-state index in [0.717, 1.165) is 24.3 Å². The minimum absolute atomic E-state index is 0.327. The van der Waals surface area contributed by atoms with E-state index in [2.05, 4.69) is 15.0 Å². The van der Waals surface area contributed by atoms with E-state index in [-0.39, 0.29) is 0 Å². The van der Waals surface area contributed by atoms with Crippen molar-refractivity contribution >= 4 is 27.6 Å². The number of sulfonamides is 1. The Morgan fingerprint density at radius 2 is 1.88 bits per heavy atom. The van der Waals surface area contributed by atoms with Crippen molar-refractivity contribution in [1.29, 1.82) is 0 Å². The molecule has 0 saturated carbocycles. The lowest BCUT2D eigenvalue weighted by Crippen LogP contribution is -2.46. The van der Waals surface area contributed by atoms with Crippen LogP contribution in [0.25, 0.3) is 0 Å². The van der Waals surface area contributed by atoms with Gasteiger partial charge in [-0.3, -0.25) is 4.99 Å². The zero-order chi connectivity index (χ0) is 18.4. The van der Waals surface area contributed by atoms with E-state index < -0.39 is 15.6 Å². The second kappa shape index (κ2) is 8.69. The molecule has 0 atom stereocenters. The van der Waals surface area contributed by atoms with E-state index in [1.165, 1.54) is 0 Å². The first kappa shape index (κ1) is 20.7. The normalized spacial score (nSPS) is 13.0. The van der Waals surface area contributed by atoms with E-state index >= 15 is 0 Å². The first-order valence-corrected chi connectivity index (χ1v) is 10.0. The van der Waals surface area contributed by atoms with Gasteiger partial charge in [-0.05, 0) is 38.5 Å². The van der Waals surface area contributed by atoms with Crippen LogP contribution in [0.15, 0.2) is 29.3 Å². The molecule has 1 rings (SSSR count). The summed E-state index contributed by atoms with van der Waals surface area (Å²) in [5, 5.41) is 3.93. The largest absolute Gasteiger partial charge is 0.357 e. The number of nitrogens with zero attached hydrogens (tertiary/aromatic N) is 2. The Hall–Kier alpha value is -1.31. The van der Waals surface area contributed by atoms with Crippen molar-refractivity contribution in [3.63, 3.8) is 0 Å². The van der Waals surface area contributed by atoms with Crippen LogP contribution in [-0.2, 0) is 16.6 Å². The summed E-state index contributed by atoms with van der Waals surface area (Å²) in [6.07, 6.45) is 1.15. The molecule has 6 nitrogen and oxygen atoms in total. The van der Waals surface area contributed by atoms with Gasteiger partial charge < -0.3 is 10.2 Å². The molecule has 0 saturated heterocycles. The lowest BCUT2D eigenvalue weighted by molar-refractivity contribution is 0.446. The summed E-state index contributed by atoms with van der Waals surface area (Å²) in [4.78, 5) is 6.55. The van der Waals surface area contributed by atoms with Crippen LogP contribution < -0.4 is 10.0 Å². The van der Waals surface area contributed by atoms with Gasteiger partial charge in [0.25, 0.3) is 0 Å². The van der Waals surface area contributed by atoms with E-state index in [0.29, 0.717) is 18.1 Å². The number of rotatable bonds is 7. The fraction of sp³-hybridized carbons (Fsp3) is 0.562. The standard InChI is InChI=1S/C16H27ClN4O2S/c1-6-18-15(19-12-16(2,3)20-24(5,22)23)21(4)11-13-7-9-14(17)10-8-13/h7-10,20H,6,11-12H2,1-5H3,(H,18,19). The van der Waals surface area contributed by atoms with Gasteiger partial charge in [0.05, 0.1) is 12.8 Å². The average Bonchev–Trinajstić information content (AvgIpc) is 2.43. The van der Waals surface area contributed by atoms with Crippen molar-refractivity contribution in [2.75, 3.05) is 26.4 Å². The van der Waals surface area contributed by atoms with Crippen LogP contribution >= 0.6 is 11.6 Å². The molecule has 0 aromatic heterocycles. The molecule has 0 spiro atoms. The van der Waals surface area contributed by atoms with Crippen LogP contribution in [0, 0.1) is 0 Å². The maximum atomic E-state index is 11.4. The van der Waals surface area contributed by atoms with Gasteiger partial charge in [-0.25, -0.2) is 13.1 Å². The van der Waals surface area contributed by atoms with Gasteiger partial charge in [-0.1, -0.05) is 23.7 Å². The van der Waals surface area contributed by atoms with Crippen LogP contribution in [0.4, 0.5) is 0 Å². The zero-order valence-electron chi connectivity index (χ0n) is 14.9. The maximum Gasteiger partial charge on any atom is 0.209 e. The van der Waals surface area contributed by atoms with Gasteiger partial charge in [-0.2, -0.15) is 0 Å². The number of guanidine groups is 1. The quantitative estimate of drug-likeness (QED) is 0.566. The number of aliphatic imine (C=N–C) groups is 1.